The second-order valence-corrected chi connectivity index (χ2v) is 4.64. The van der Waals surface area contributed by atoms with Crippen molar-refractivity contribution in [2.45, 2.75) is 26.3 Å². The maximum atomic E-state index is 10.9. The zero-order chi connectivity index (χ0) is 12.4. The number of carboxylic acids is 1. The molecule has 0 spiro atoms. The number of rotatable bonds is 10. The second kappa shape index (κ2) is 9.93. The van der Waals surface area contributed by atoms with Gasteiger partial charge in [-0.3, -0.25) is 4.79 Å². The van der Waals surface area contributed by atoms with Crippen molar-refractivity contribution < 1.29 is 9.90 Å². The Bertz CT molecular complexity index is 187. The van der Waals surface area contributed by atoms with Crippen LogP contribution in [-0.2, 0) is 4.79 Å². The van der Waals surface area contributed by atoms with Crippen LogP contribution in [0.2, 0.25) is 0 Å². The summed E-state index contributed by atoms with van der Waals surface area (Å²) in [5, 5.41) is 12.1. The summed E-state index contributed by atoms with van der Waals surface area (Å²) in [6, 6.07) is -0.400. The normalized spacial score (nSPS) is 13.0. The van der Waals surface area contributed by atoms with E-state index in [-0.39, 0.29) is 0 Å². The molecule has 0 rings (SSSR count). The molecular weight excluding hydrogens is 224 g/mol. The largest absolute Gasteiger partial charge is 0.480 e. The van der Waals surface area contributed by atoms with Gasteiger partial charge in [-0.15, -0.1) is 0 Å². The van der Waals surface area contributed by atoms with E-state index in [1.807, 2.05) is 6.26 Å². The summed E-state index contributed by atoms with van der Waals surface area (Å²) in [5.41, 5.74) is 0. The first-order valence-electron chi connectivity index (χ1n) is 5.83. The molecular formula is C11H24N2O2S. The van der Waals surface area contributed by atoms with Crippen molar-refractivity contribution in [3.8, 4) is 0 Å². The van der Waals surface area contributed by atoms with Gasteiger partial charge in [-0.05, 0) is 31.5 Å². The Morgan fingerprint density at radius 2 is 2.06 bits per heavy atom. The maximum Gasteiger partial charge on any atom is 0.320 e. The highest BCUT2D eigenvalue weighted by molar-refractivity contribution is 7.98. The molecule has 0 aromatic rings. The first-order chi connectivity index (χ1) is 7.65. The molecule has 4 nitrogen and oxygen atoms in total. The fourth-order valence-electron chi connectivity index (χ4n) is 1.49. The van der Waals surface area contributed by atoms with Gasteiger partial charge in [0.1, 0.15) is 6.04 Å². The van der Waals surface area contributed by atoms with E-state index in [4.69, 9.17) is 5.11 Å². The number of hydrogen-bond acceptors (Lipinski definition) is 4. The number of carbonyl (C=O) groups is 1. The fraction of sp³-hybridized carbons (Fsp3) is 0.909. The topological polar surface area (TPSA) is 52.6 Å². The van der Waals surface area contributed by atoms with Gasteiger partial charge in [0, 0.05) is 13.1 Å². The number of aliphatic carboxylic acids is 1. The summed E-state index contributed by atoms with van der Waals surface area (Å²) < 4.78 is 0. The van der Waals surface area contributed by atoms with Crippen molar-refractivity contribution in [1.29, 1.82) is 0 Å². The number of likely N-dealkylation sites (N-methyl/N-ethyl adjacent to an activating group) is 1. The maximum absolute atomic E-state index is 10.9. The molecule has 16 heavy (non-hydrogen) atoms. The zero-order valence-electron chi connectivity index (χ0n) is 10.5. The van der Waals surface area contributed by atoms with Crippen LogP contribution >= 0.6 is 11.8 Å². The van der Waals surface area contributed by atoms with E-state index in [1.54, 1.807) is 11.8 Å². The number of thioether (sulfide) groups is 1. The van der Waals surface area contributed by atoms with Gasteiger partial charge in [0.25, 0.3) is 0 Å². The van der Waals surface area contributed by atoms with Gasteiger partial charge in [-0.25, -0.2) is 0 Å². The van der Waals surface area contributed by atoms with Gasteiger partial charge in [0.2, 0.25) is 0 Å². The second-order valence-electron chi connectivity index (χ2n) is 3.65. The average Bonchev–Trinajstić information content (AvgIpc) is 2.28. The summed E-state index contributed by atoms with van der Waals surface area (Å²) in [6.07, 6.45) is 2.68. The molecule has 96 valence electrons. The minimum Gasteiger partial charge on any atom is -0.480 e. The Hall–Kier alpha value is -0.260. The third-order valence-electron chi connectivity index (χ3n) is 2.62. The SMILES string of the molecule is CCN(CC)CCNC(CCSC)C(=O)O. The molecule has 0 aromatic heterocycles. The lowest BCUT2D eigenvalue weighted by atomic mass is 10.2. The number of carboxylic acid groups (broad SMARTS) is 1. The summed E-state index contributed by atoms with van der Waals surface area (Å²) in [5.74, 6) is 0.142. The van der Waals surface area contributed by atoms with Crippen LogP contribution in [0.5, 0.6) is 0 Å². The quantitative estimate of drug-likeness (QED) is 0.607. The lowest BCUT2D eigenvalue weighted by Crippen LogP contribution is -2.41. The molecule has 0 radical (unpaired) electrons. The Labute approximate surface area is 103 Å². The number of nitrogens with zero attached hydrogens (tertiary/aromatic N) is 1. The predicted molar refractivity (Wildman–Crippen MR) is 70.2 cm³/mol. The third kappa shape index (κ3) is 7.09. The van der Waals surface area contributed by atoms with Gasteiger partial charge in [0.15, 0.2) is 0 Å². The average molecular weight is 248 g/mol. The van der Waals surface area contributed by atoms with Gasteiger partial charge in [-0.1, -0.05) is 13.8 Å². The van der Waals surface area contributed by atoms with Crippen LogP contribution < -0.4 is 5.32 Å². The van der Waals surface area contributed by atoms with Crippen molar-refractivity contribution in [2.24, 2.45) is 0 Å². The van der Waals surface area contributed by atoms with Gasteiger partial charge < -0.3 is 15.3 Å². The minimum atomic E-state index is -0.742. The highest BCUT2D eigenvalue weighted by Gasteiger charge is 2.15. The third-order valence-corrected chi connectivity index (χ3v) is 3.27. The number of nitrogens with one attached hydrogen (secondary N) is 1. The molecule has 0 aromatic carbocycles. The van der Waals surface area contributed by atoms with Crippen molar-refractivity contribution in [3.63, 3.8) is 0 Å². The molecule has 0 aliphatic rings. The lowest BCUT2D eigenvalue weighted by Gasteiger charge is -2.20. The van der Waals surface area contributed by atoms with Gasteiger partial charge in [-0.2, -0.15) is 11.8 Å². The first-order valence-corrected chi connectivity index (χ1v) is 7.22. The van der Waals surface area contributed by atoms with Crippen molar-refractivity contribution in [3.05, 3.63) is 0 Å². The molecule has 5 heteroatoms. The van der Waals surface area contributed by atoms with Crippen LogP contribution in [0.4, 0.5) is 0 Å². The smallest absolute Gasteiger partial charge is 0.320 e. The van der Waals surface area contributed by atoms with Gasteiger partial charge in [0.05, 0.1) is 0 Å². The van der Waals surface area contributed by atoms with Crippen LogP contribution in [0.15, 0.2) is 0 Å². The molecule has 0 aliphatic carbocycles. The molecule has 0 bridgehead atoms. The minimum absolute atomic E-state index is 0.400. The van der Waals surface area contributed by atoms with Crippen LogP contribution in [0.25, 0.3) is 0 Å². The van der Waals surface area contributed by atoms with E-state index in [2.05, 4.69) is 24.1 Å². The number of hydrogen-bond donors (Lipinski definition) is 2. The molecule has 0 fully saturated rings. The molecule has 0 aliphatic heterocycles. The predicted octanol–water partition coefficient (Wildman–Crippen LogP) is 1.12. The molecule has 2 N–H and O–H groups in total. The summed E-state index contributed by atoms with van der Waals surface area (Å²) in [4.78, 5) is 13.2. The molecule has 1 atom stereocenters. The highest BCUT2D eigenvalue weighted by atomic mass is 32.2. The van der Waals surface area contributed by atoms with Gasteiger partial charge >= 0.3 is 5.97 Å². The van der Waals surface area contributed by atoms with Crippen LogP contribution in [0.3, 0.4) is 0 Å². The van der Waals surface area contributed by atoms with Crippen LogP contribution in [0, 0.1) is 0 Å². The van der Waals surface area contributed by atoms with Crippen molar-refractivity contribution >= 4 is 17.7 Å². The van der Waals surface area contributed by atoms with Crippen molar-refractivity contribution in [1.82, 2.24) is 10.2 Å². The first kappa shape index (κ1) is 15.7. The van der Waals surface area contributed by atoms with Crippen LogP contribution in [0.1, 0.15) is 20.3 Å². The summed E-state index contributed by atoms with van der Waals surface area (Å²) in [7, 11) is 0. The monoisotopic (exact) mass is 248 g/mol. The van der Waals surface area contributed by atoms with E-state index >= 15 is 0 Å². The summed E-state index contributed by atoms with van der Waals surface area (Å²) >= 11 is 1.68. The molecule has 0 amide bonds. The molecule has 1 unspecified atom stereocenters. The standard InChI is InChI=1S/C11H24N2O2S/c1-4-13(5-2)8-7-12-10(11(14)15)6-9-16-3/h10,12H,4-9H2,1-3H3,(H,14,15). The Balaban J connectivity index is 3.79. The van der Waals surface area contributed by atoms with Crippen LogP contribution in [-0.4, -0.2) is 60.2 Å². The van der Waals surface area contributed by atoms with E-state index in [0.717, 1.165) is 31.9 Å². The fourth-order valence-corrected chi connectivity index (χ4v) is 1.96. The molecule has 0 saturated heterocycles. The zero-order valence-corrected chi connectivity index (χ0v) is 11.3. The van der Waals surface area contributed by atoms with E-state index in [1.165, 1.54) is 0 Å². The lowest BCUT2D eigenvalue weighted by molar-refractivity contribution is -0.139. The Morgan fingerprint density at radius 1 is 1.44 bits per heavy atom. The van der Waals surface area contributed by atoms with Crippen molar-refractivity contribution in [2.75, 3.05) is 38.2 Å². The highest BCUT2D eigenvalue weighted by Crippen LogP contribution is 2.00. The van der Waals surface area contributed by atoms with E-state index < -0.39 is 12.0 Å². The van der Waals surface area contributed by atoms with E-state index in [0.29, 0.717) is 6.42 Å². The summed E-state index contributed by atoms with van der Waals surface area (Å²) in [6.45, 7) is 7.92. The Kier molecular flexibility index (Phi) is 9.77. The van der Waals surface area contributed by atoms with E-state index in [9.17, 15) is 4.79 Å². The molecule has 0 heterocycles. The molecule has 0 saturated carbocycles. The Morgan fingerprint density at radius 3 is 2.50 bits per heavy atom.